The molecule has 3 unspecified atom stereocenters. The van der Waals surface area contributed by atoms with E-state index >= 15 is 0 Å². The Balaban J connectivity index is 1.99. The van der Waals surface area contributed by atoms with Crippen LogP contribution < -0.4 is 0 Å². The van der Waals surface area contributed by atoms with Gasteiger partial charge in [-0.3, -0.25) is 0 Å². The van der Waals surface area contributed by atoms with Crippen molar-refractivity contribution in [3.63, 3.8) is 0 Å². The minimum Gasteiger partial charge on any atom is -0.384 e. The third-order valence-corrected chi connectivity index (χ3v) is 5.28. The summed E-state index contributed by atoms with van der Waals surface area (Å²) in [7, 11) is 0. The van der Waals surface area contributed by atoms with E-state index in [-0.39, 0.29) is 0 Å². The Bertz CT molecular complexity index is 380. The van der Waals surface area contributed by atoms with Crippen molar-refractivity contribution >= 4 is 22.9 Å². The molecule has 0 amide bonds. The van der Waals surface area contributed by atoms with Crippen molar-refractivity contribution in [3.05, 3.63) is 21.3 Å². The number of halogens is 1. The molecule has 1 N–H and O–H groups in total. The molecule has 2 aliphatic heterocycles. The van der Waals surface area contributed by atoms with Crippen LogP contribution in [0, 0.1) is 5.92 Å². The molecule has 3 heterocycles. The van der Waals surface area contributed by atoms with Crippen molar-refractivity contribution in [1.82, 2.24) is 4.90 Å². The number of hydrogen-bond donors (Lipinski definition) is 1. The summed E-state index contributed by atoms with van der Waals surface area (Å²) in [6, 6.07) is 1.89. The summed E-state index contributed by atoms with van der Waals surface area (Å²) < 4.78 is 0. The number of hydrogen-bond acceptors (Lipinski definition) is 3. The SMILES string of the molecule is OC1(c2sccc2Cl)CCN2CCC1C2. The highest BCUT2D eigenvalue weighted by Gasteiger charge is 2.47. The van der Waals surface area contributed by atoms with Crippen LogP contribution in [-0.2, 0) is 5.60 Å². The van der Waals surface area contributed by atoms with E-state index in [1.165, 1.54) is 0 Å². The topological polar surface area (TPSA) is 23.5 Å². The first-order valence-electron chi connectivity index (χ1n) is 5.38. The summed E-state index contributed by atoms with van der Waals surface area (Å²) in [6.07, 6.45) is 1.93. The van der Waals surface area contributed by atoms with Crippen LogP contribution in [0.15, 0.2) is 11.4 Å². The highest BCUT2D eigenvalue weighted by Crippen LogP contribution is 2.46. The summed E-state index contributed by atoms with van der Waals surface area (Å²) in [5.41, 5.74) is -0.655. The van der Waals surface area contributed by atoms with Crippen LogP contribution in [0.3, 0.4) is 0 Å². The summed E-state index contributed by atoms with van der Waals surface area (Å²) >= 11 is 7.73. The Labute approximate surface area is 98.5 Å². The van der Waals surface area contributed by atoms with Gasteiger partial charge in [0.05, 0.1) is 9.90 Å². The lowest BCUT2D eigenvalue weighted by molar-refractivity contribution is -0.0470. The molecule has 0 radical (unpaired) electrons. The molecule has 2 aliphatic rings. The Morgan fingerprint density at radius 3 is 3.13 bits per heavy atom. The van der Waals surface area contributed by atoms with Gasteiger partial charge < -0.3 is 10.0 Å². The molecule has 2 fully saturated rings. The van der Waals surface area contributed by atoms with Crippen molar-refractivity contribution in [2.75, 3.05) is 19.6 Å². The van der Waals surface area contributed by atoms with Gasteiger partial charge in [-0.15, -0.1) is 11.3 Å². The molecule has 82 valence electrons. The van der Waals surface area contributed by atoms with Gasteiger partial charge in [0.2, 0.25) is 0 Å². The fraction of sp³-hybridized carbons (Fsp3) is 0.636. The van der Waals surface area contributed by atoms with Crippen LogP contribution in [0.4, 0.5) is 0 Å². The van der Waals surface area contributed by atoms with Crippen LogP contribution in [0.2, 0.25) is 5.02 Å². The van der Waals surface area contributed by atoms with Crippen molar-refractivity contribution in [2.24, 2.45) is 5.92 Å². The van der Waals surface area contributed by atoms with Crippen LogP contribution in [0.25, 0.3) is 0 Å². The molecule has 0 saturated carbocycles. The Hall–Kier alpha value is -0.0900. The van der Waals surface area contributed by atoms with E-state index in [0.717, 1.165) is 42.4 Å². The molecule has 2 nitrogen and oxygen atoms in total. The summed E-state index contributed by atoms with van der Waals surface area (Å²) in [5, 5.41) is 13.5. The second-order valence-corrected chi connectivity index (χ2v) is 5.88. The lowest BCUT2D eigenvalue weighted by Gasteiger charge is -2.38. The van der Waals surface area contributed by atoms with E-state index in [9.17, 15) is 5.11 Å². The minimum atomic E-state index is -0.655. The molecule has 1 aromatic heterocycles. The van der Waals surface area contributed by atoms with Gasteiger partial charge in [0.25, 0.3) is 0 Å². The molecule has 15 heavy (non-hydrogen) atoms. The number of thiophene rings is 1. The van der Waals surface area contributed by atoms with Crippen LogP contribution >= 0.6 is 22.9 Å². The van der Waals surface area contributed by atoms with Gasteiger partial charge in [0, 0.05) is 19.0 Å². The number of aliphatic hydroxyl groups is 1. The molecule has 3 rings (SSSR count). The standard InChI is InChI=1S/C11H14ClNOS/c12-9-2-6-15-10(9)11(14)3-5-13-4-1-8(11)7-13/h2,6,8,14H,1,3-5,7H2. The zero-order valence-corrected chi connectivity index (χ0v) is 10.0. The zero-order valence-electron chi connectivity index (χ0n) is 8.45. The van der Waals surface area contributed by atoms with E-state index < -0.39 is 5.60 Å². The fourth-order valence-electron chi connectivity index (χ4n) is 2.86. The second-order valence-electron chi connectivity index (χ2n) is 4.56. The average Bonchev–Trinajstić information content (AvgIpc) is 2.81. The molecular formula is C11H14ClNOS. The maximum atomic E-state index is 10.8. The van der Waals surface area contributed by atoms with E-state index in [4.69, 9.17) is 11.6 Å². The highest BCUT2D eigenvalue weighted by atomic mass is 35.5. The number of rotatable bonds is 1. The normalized spacial score (nSPS) is 39.6. The summed E-state index contributed by atoms with van der Waals surface area (Å²) in [5.74, 6) is 0.377. The third kappa shape index (κ3) is 1.45. The quantitative estimate of drug-likeness (QED) is 0.818. The van der Waals surface area contributed by atoms with Gasteiger partial charge in [-0.25, -0.2) is 0 Å². The highest BCUT2D eigenvalue weighted by molar-refractivity contribution is 7.10. The molecule has 2 bridgehead atoms. The van der Waals surface area contributed by atoms with Crippen LogP contribution in [-0.4, -0.2) is 29.6 Å². The monoisotopic (exact) mass is 243 g/mol. The Morgan fingerprint density at radius 2 is 2.40 bits per heavy atom. The first kappa shape index (κ1) is 10.1. The minimum absolute atomic E-state index is 0.377. The maximum absolute atomic E-state index is 10.8. The third-order valence-electron chi connectivity index (χ3n) is 3.77. The molecule has 0 spiro atoms. The Kier molecular flexibility index (Phi) is 2.32. The van der Waals surface area contributed by atoms with Crippen molar-refractivity contribution in [2.45, 2.75) is 18.4 Å². The van der Waals surface area contributed by atoms with Gasteiger partial charge >= 0.3 is 0 Å². The van der Waals surface area contributed by atoms with E-state index in [1.807, 2.05) is 11.4 Å². The molecule has 2 saturated heterocycles. The lowest BCUT2D eigenvalue weighted by atomic mass is 9.81. The lowest BCUT2D eigenvalue weighted by Crippen LogP contribution is -2.43. The molecule has 3 atom stereocenters. The van der Waals surface area contributed by atoms with Crippen molar-refractivity contribution < 1.29 is 5.11 Å². The zero-order chi connectivity index (χ0) is 10.5. The molecule has 0 aliphatic carbocycles. The maximum Gasteiger partial charge on any atom is 0.106 e. The number of nitrogens with zero attached hydrogens (tertiary/aromatic N) is 1. The van der Waals surface area contributed by atoms with E-state index in [2.05, 4.69) is 4.90 Å². The number of piperidine rings is 1. The predicted octanol–water partition coefficient (Wildman–Crippen LogP) is 2.31. The summed E-state index contributed by atoms with van der Waals surface area (Å²) in [4.78, 5) is 3.41. The molecular weight excluding hydrogens is 230 g/mol. The van der Waals surface area contributed by atoms with Crippen molar-refractivity contribution in [1.29, 1.82) is 0 Å². The van der Waals surface area contributed by atoms with Crippen LogP contribution in [0.5, 0.6) is 0 Å². The van der Waals surface area contributed by atoms with Gasteiger partial charge in [-0.1, -0.05) is 11.6 Å². The molecule has 1 aromatic rings. The first-order chi connectivity index (χ1) is 7.20. The largest absolute Gasteiger partial charge is 0.384 e. The van der Waals surface area contributed by atoms with Gasteiger partial charge in [0.15, 0.2) is 0 Å². The van der Waals surface area contributed by atoms with Crippen LogP contribution in [0.1, 0.15) is 17.7 Å². The van der Waals surface area contributed by atoms with Gasteiger partial charge in [-0.05, 0) is 30.8 Å². The number of fused-ring (bicyclic) bond motifs is 2. The average molecular weight is 244 g/mol. The Morgan fingerprint density at radius 1 is 1.53 bits per heavy atom. The predicted molar refractivity (Wildman–Crippen MR) is 62.4 cm³/mol. The van der Waals surface area contributed by atoms with E-state index in [0.29, 0.717) is 5.92 Å². The first-order valence-corrected chi connectivity index (χ1v) is 6.64. The molecule has 4 heteroatoms. The summed E-state index contributed by atoms with van der Waals surface area (Å²) in [6.45, 7) is 3.17. The van der Waals surface area contributed by atoms with Gasteiger partial charge in [-0.2, -0.15) is 0 Å². The van der Waals surface area contributed by atoms with Crippen molar-refractivity contribution in [3.8, 4) is 0 Å². The second kappa shape index (κ2) is 3.45. The van der Waals surface area contributed by atoms with Gasteiger partial charge in [0.1, 0.15) is 5.60 Å². The molecule has 0 aromatic carbocycles. The van der Waals surface area contributed by atoms with E-state index in [1.54, 1.807) is 11.3 Å². The smallest absolute Gasteiger partial charge is 0.106 e. The fourth-order valence-corrected chi connectivity index (χ4v) is 4.29.